The van der Waals surface area contributed by atoms with E-state index in [2.05, 4.69) is 11.4 Å². The Balaban J connectivity index is 1.93. The normalized spacial score (nSPS) is 16.7. The molecule has 1 aliphatic rings. The van der Waals surface area contributed by atoms with Crippen molar-refractivity contribution in [2.75, 3.05) is 5.32 Å². The highest BCUT2D eigenvalue weighted by Gasteiger charge is 2.33. The molecule has 112 valence electrons. The van der Waals surface area contributed by atoms with Crippen LogP contribution >= 0.6 is 22.9 Å². The summed E-state index contributed by atoms with van der Waals surface area (Å²) < 4.78 is 22.9. The van der Waals surface area contributed by atoms with Gasteiger partial charge < -0.3 is 5.32 Å². The zero-order chi connectivity index (χ0) is 15.0. The predicted octanol–water partition coefficient (Wildman–Crippen LogP) is 3.61. The molecule has 0 aliphatic heterocycles. The number of hydrogen-bond acceptors (Lipinski definition) is 4. The molecular formula is C14H15ClN2O2S2. The van der Waals surface area contributed by atoms with Gasteiger partial charge in [-0.1, -0.05) is 17.7 Å². The number of nitrogens with one attached hydrogen (secondary N) is 1. The van der Waals surface area contributed by atoms with Crippen molar-refractivity contribution in [1.29, 1.82) is 0 Å². The number of rotatable bonds is 5. The van der Waals surface area contributed by atoms with E-state index in [9.17, 15) is 8.42 Å². The van der Waals surface area contributed by atoms with Gasteiger partial charge >= 0.3 is 0 Å². The first-order valence-corrected chi connectivity index (χ1v) is 9.38. The van der Waals surface area contributed by atoms with Crippen LogP contribution in [-0.4, -0.2) is 8.42 Å². The SMILES string of the molecule is NS(=O)(=O)c1ccc(Cl)c(NC(c2cccs2)C2CC2)c1. The third-order valence-electron chi connectivity index (χ3n) is 3.52. The molecule has 4 nitrogen and oxygen atoms in total. The van der Waals surface area contributed by atoms with Crippen molar-refractivity contribution in [3.8, 4) is 0 Å². The van der Waals surface area contributed by atoms with E-state index in [4.69, 9.17) is 16.7 Å². The smallest absolute Gasteiger partial charge is 0.238 e. The molecule has 1 aromatic carbocycles. The molecule has 7 heteroatoms. The molecule has 3 rings (SSSR count). The second-order valence-corrected chi connectivity index (χ2v) is 8.11. The molecule has 21 heavy (non-hydrogen) atoms. The van der Waals surface area contributed by atoms with Crippen LogP contribution < -0.4 is 10.5 Å². The van der Waals surface area contributed by atoms with Gasteiger partial charge in [-0.05, 0) is 48.4 Å². The second kappa shape index (κ2) is 5.61. The fourth-order valence-electron chi connectivity index (χ4n) is 2.28. The van der Waals surface area contributed by atoms with Gasteiger partial charge in [0, 0.05) is 4.88 Å². The molecule has 0 spiro atoms. The zero-order valence-electron chi connectivity index (χ0n) is 11.1. The van der Waals surface area contributed by atoms with Crippen molar-refractivity contribution >= 4 is 38.6 Å². The van der Waals surface area contributed by atoms with E-state index >= 15 is 0 Å². The molecule has 0 bridgehead atoms. The van der Waals surface area contributed by atoms with Crippen molar-refractivity contribution in [3.63, 3.8) is 0 Å². The molecule has 0 amide bonds. The molecule has 1 fully saturated rings. The Labute approximate surface area is 133 Å². The summed E-state index contributed by atoms with van der Waals surface area (Å²) in [6.07, 6.45) is 2.34. The van der Waals surface area contributed by atoms with Crippen LogP contribution in [0.3, 0.4) is 0 Å². The van der Waals surface area contributed by atoms with Gasteiger partial charge in [-0.15, -0.1) is 11.3 Å². The highest BCUT2D eigenvalue weighted by atomic mass is 35.5. The van der Waals surface area contributed by atoms with Crippen LogP contribution in [0, 0.1) is 5.92 Å². The number of halogens is 1. The minimum atomic E-state index is -3.73. The van der Waals surface area contributed by atoms with E-state index in [0.29, 0.717) is 16.6 Å². The van der Waals surface area contributed by atoms with Gasteiger partial charge in [0.15, 0.2) is 0 Å². The number of anilines is 1. The van der Waals surface area contributed by atoms with Crippen LogP contribution in [0.5, 0.6) is 0 Å². The first-order chi connectivity index (χ1) is 9.95. The highest BCUT2D eigenvalue weighted by molar-refractivity contribution is 7.89. The van der Waals surface area contributed by atoms with Gasteiger partial charge in [0.05, 0.1) is 21.6 Å². The summed E-state index contributed by atoms with van der Waals surface area (Å²) in [4.78, 5) is 1.30. The third-order valence-corrected chi connectivity index (χ3v) is 5.72. The Morgan fingerprint density at radius 2 is 2.10 bits per heavy atom. The maximum Gasteiger partial charge on any atom is 0.238 e. The molecule has 0 saturated heterocycles. The third kappa shape index (κ3) is 3.40. The van der Waals surface area contributed by atoms with E-state index in [1.165, 1.54) is 29.9 Å². The zero-order valence-corrected chi connectivity index (χ0v) is 13.5. The summed E-state index contributed by atoms with van der Waals surface area (Å²) in [6, 6.07) is 8.73. The number of sulfonamides is 1. The second-order valence-electron chi connectivity index (χ2n) is 5.16. The standard InChI is InChI=1S/C14H15ClN2O2S2/c15-11-6-5-10(21(16,18)19)8-12(11)17-14(9-3-4-9)13-2-1-7-20-13/h1-2,5-9,14,17H,3-4H2,(H2,16,18,19). The topological polar surface area (TPSA) is 72.2 Å². The molecule has 1 saturated carbocycles. The van der Waals surface area contributed by atoms with Gasteiger partial charge in [0.2, 0.25) is 10.0 Å². The molecule has 2 aromatic rings. The molecule has 1 aromatic heterocycles. The first kappa shape index (κ1) is 14.8. The Morgan fingerprint density at radius 3 is 2.67 bits per heavy atom. The van der Waals surface area contributed by atoms with Gasteiger partial charge in [0.1, 0.15) is 0 Å². The minimum absolute atomic E-state index is 0.0649. The first-order valence-electron chi connectivity index (χ1n) is 6.57. The van der Waals surface area contributed by atoms with E-state index in [1.807, 2.05) is 11.4 Å². The quantitative estimate of drug-likeness (QED) is 0.871. The lowest BCUT2D eigenvalue weighted by molar-refractivity contribution is 0.598. The van der Waals surface area contributed by atoms with Gasteiger partial charge in [-0.25, -0.2) is 13.6 Å². The van der Waals surface area contributed by atoms with Crippen LogP contribution in [0.1, 0.15) is 23.8 Å². The van der Waals surface area contributed by atoms with Crippen LogP contribution in [0.15, 0.2) is 40.6 Å². The molecule has 1 heterocycles. The number of thiophene rings is 1. The fourth-order valence-corrected chi connectivity index (χ4v) is 3.86. The lowest BCUT2D eigenvalue weighted by Gasteiger charge is -2.19. The van der Waals surface area contributed by atoms with Crippen molar-refractivity contribution in [1.82, 2.24) is 0 Å². The summed E-state index contributed by atoms with van der Waals surface area (Å²) in [5.74, 6) is 0.567. The van der Waals surface area contributed by atoms with Crippen LogP contribution in [0.25, 0.3) is 0 Å². The van der Waals surface area contributed by atoms with E-state index in [-0.39, 0.29) is 10.9 Å². The molecule has 3 N–H and O–H groups in total. The lowest BCUT2D eigenvalue weighted by atomic mass is 10.1. The minimum Gasteiger partial charge on any atom is -0.376 e. The number of benzene rings is 1. The van der Waals surface area contributed by atoms with Crippen molar-refractivity contribution in [2.24, 2.45) is 11.1 Å². The number of primary sulfonamides is 1. The molecule has 1 unspecified atom stereocenters. The van der Waals surface area contributed by atoms with Crippen molar-refractivity contribution in [3.05, 3.63) is 45.6 Å². The molecule has 1 atom stereocenters. The Kier molecular flexibility index (Phi) is 3.96. The Morgan fingerprint density at radius 1 is 1.33 bits per heavy atom. The van der Waals surface area contributed by atoms with Crippen molar-refractivity contribution < 1.29 is 8.42 Å². The number of hydrogen-bond donors (Lipinski definition) is 2. The van der Waals surface area contributed by atoms with Gasteiger partial charge in [0.25, 0.3) is 0 Å². The van der Waals surface area contributed by atoms with E-state index < -0.39 is 10.0 Å². The highest BCUT2D eigenvalue weighted by Crippen LogP contribution is 2.45. The van der Waals surface area contributed by atoms with Gasteiger partial charge in [-0.3, -0.25) is 0 Å². The molecule has 0 radical (unpaired) electrons. The average molecular weight is 343 g/mol. The predicted molar refractivity (Wildman–Crippen MR) is 86.2 cm³/mol. The number of nitrogens with two attached hydrogens (primary N) is 1. The Bertz CT molecular complexity index is 740. The van der Waals surface area contributed by atoms with Crippen molar-refractivity contribution in [2.45, 2.75) is 23.8 Å². The van der Waals surface area contributed by atoms with Gasteiger partial charge in [-0.2, -0.15) is 0 Å². The fraction of sp³-hybridized carbons (Fsp3) is 0.286. The summed E-state index contributed by atoms with van der Waals surface area (Å²) in [6.45, 7) is 0. The molecule has 1 aliphatic carbocycles. The monoisotopic (exact) mass is 342 g/mol. The van der Waals surface area contributed by atoms with Crippen LogP contribution in [-0.2, 0) is 10.0 Å². The van der Waals surface area contributed by atoms with E-state index in [1.54, 1.807) is 17.4 Å². The molecular weight excluding hydrogens is 328 g/mol. The van der Waals surface area contributed by atoms with Crippen LogP contribution in [0.2, 0.25) is 5.02 Å². The maximum absolute atomic E-state index is 11.5. The maximum atomic E-state index is 11.5. The summed E-state index contributed by atoms with van der Waals surface area (Å²) in [7, 11) is -3.73. The summed E-state index contributed by atoms with van der Waals surface area (Å²) in [5.41, 5.74) is 0.605. The van der Waals surface area contributed by atoms with Crippen LogP contribution in [0.4, 0.5) is 5.69 Å². The lowest BCUT2D eigenvalue weighted by Crippen LogP contribution is -2.15. The van der Waals surface area contributed by atoms with E-state index in [0.717, 1.165) is 0 Å². The average Bonchev–Trinajstić information content (AvgIpc) is 3.11. The summed E-state index contributed by atoms with van der Waals surface area (Å²) in [5, 5.41) is 11.1. The largest absolute Gasteiger partial charge is 0.376 e. The Hall–Kier alpha value is -1.08. The summed E-state index contributed by atoms with van der Waals surface area (Å²) >= 11 is 7.87.